The molecular weight excluding hydrogens is 256 g/mol. The van der Waals surface area contributed by atoms with Gasteiger partial charge >= 0.3 is 0 Å². The van der Waals surface area contributed by atoms with Gasteiger partial charge in [0.25, 0.3) is 0 Å². The maximum absolute atomic E-state index is 6.17. The summed E-state index contributed by atoms with van der Waals surface area (Å²) < 4.78 is 0. The van der Waals surface area contributed by atoms with Gasteiger partial charge in [-0.05, 0) is 56.3 Å². The van der Waals surface area contributed by atoms with E-state index in [2.05, 4.69) is 23.5 Å². The van der Waals surface area contributed by atoms with Crippen molar-refractivity contribution in [3.63, 3.8) is 0 Å². The third kappa shape index (κ3) is 4.07. The summed E-state index contributed by atoms with van der Waals surface area (Å²) in [5.41, 5.74) is 9.74. The van der Waals surface area contributed by atoms with E-state index in [1.165, 1.54) is 24.8 Å². The highest BCUT2D eigenvalue weighted by atomic mass is 35.5. The maximum atomic E-state index is 6.17. The van der Waals surface area contributed by atoms with E-state index in [1.54, 1.807) is 5.57 Å². The molecule has 3 N–H and O–H groups in total. The summed E-state index contributed by atoms with van der Waals surface area (Å²) in [5, 5.41) is 4.35. The van der Waals surface area contributed by atoms with Crippen molar-refractivity contribution in [3.05, 3.63) is 46.0 Å². The van der Waals surface area contributed by atoms with Crippen molar-refractivity contribution in [2.45, 2.75) is 38.6 Å². The first-order chi connectivity index (χ1) is 9.20. The van der Waals surface area contributed by atoms with Crippen molar-refractivity contribution in [1.82, 2.24) is 5.32 Å². The van der Waals surface area contributed by atoms with E-state index in [4.69, 9.17) is 17.3 Å². The largest absolute Gasteiger partial charge is 0.329 e. The lowest BCUT2D eigenvalue weighted by Gasteiger charge is -2.18. The molecular formula is C16H23ClN2. The number of nitrogens with one attached hydrogen (secondary N) is 1. The maximum Gasteiger partial charge on any atom is 0.0445 e. The SMILES string of the molecule is Cc1ccc(C(CN)NCCC2=CCCC2)cc1Cl. The van der Waals surface area contributed by atoms with Crippen LogP contribution in [0.15, 0.2) is 29.8 Å². The number of nitrogens with two attached hydrogens (primary N) is 1. The molecule has 2 nitrogen and oxygen atoms in total. The van der Waals surface area contributed by atoms with Crippen LogP contribution in [0.5, 0.6) is 0 Å². The summed E-state index contributed by atoms with van der Waals surface area (Å²) in [6.45, 7) is 3.60. The Morgan fingerprint density at radius 2 is 2.26 bits per heavy atom. The molecule has 0 heterocycles. The van der Waals surface area contributed by atoms with Gasteiger partial charge in [0.2, 0.25) is 0 Å². The van der Waals surface area contributed by atoms with Crippen LogP contribution in [0.1, 0.15) is 42.9 Å². The molecule has 0 saturated carbocycles. The molecule has 0 fully saturated rings. The second kappa shape index (κ2) is 7.09. The molecule has 0 aliphatic heterocycles. The van der Waals surface area contributed by atoms with Gasteiger partial charge in [0.15, 0.2) is 0 Å². The lowest BCUT2D eigenvalue weighted by Crippen LogP contribution is -2.29. The standard InChI is InChI=1S/C16H23ClN2/c1-12-6-7-14(10-15(12)17)16(11-18)19-9-8-13-4-2-3-5-13/h4,6-7,10,16,19H,2-3,5,8-9,11,18H2,1H3. The monoisotopic (exact) mass is 278 g/mol. The zero-order chi connectivity index (χ0) is 13.7. The zero-order valence-corrected chi connectivity index (χ0v) is 12.3. The Morgan fingerprint density at radius 1 is 1.42 bits per heavy atom. The summed E-state index contributed by atoms with van der Waals surface area (Å²) in [7, 11) is 0. The van der Waals surface area contributed by atoms with E-state index >= 15 is 0 Å². The fourth-order valence-electron chi connectivity index (χ4n) is 2.53. The molecule has 1 aliphatic carbocycles. The summed E-state index contributed by atoms with van der Waals surface area (Å²) in [6.07, 6.45) is 7.36. The number of aryl methyl sites for hydroxylation is 1. The molecule has 19 heavy (non-hydrogen) atoms. The quantitative estimate of drug-likeness (QED) is 0.778. The Morgan fingerprint density at radius 3 is 2.89 bits per heavy atom. The van der Waals surface area contributed by atoms with Crippen LogP contribution in [-0.4, -0.2) is 13.1 Å². The molecule has 1 aromatic rings. The molecule has 0 amide bonds. The smallest absolute Gasteiger partial charge is 0.0445 e. The first kappa shape index (κ1) is 14.6. The molecule has 1 atom stereocenters. The van der Waals surface area contributed by atoms with Gasteiger partial charge in [-0.2, -0.15) is 0 Å². The molecule has 1 aliphatic rings. The molecule has 1 unspecified atom stereocenters. The fraction of sp³-hybridized carbons (Fsp3) is 0.500. The molecule has 0 spiro atoms. The van der Waals surface area contributed by atoms with Gasteiger partial charge in [-0.15, -0.1) is 0 Å². The predicted octanol–water partition coefficient (Wildman–Crippen LogP) is 3.74. The van der Waals surface area contributed by atoms with Gasteiger partial charge in [0.1, 0.15) is 0 Å². The van der Waals surface area contributed by atoms with Gasteiger partial charge in [0.05, 0.1) is 0 Å². The van der Waals surface area contributed by atoms with Crippen LogP contribution in [0.4, 0.5) is 0 Å². The minimum Gasteiger partial charge on any atom is -0.329 e. The normalized spacial score (nSPS) is 16.5. The Balaban J connectivity index is 1.89. The molecule has 3 heteroatoms. The molecule has 0 saturated heterocycles. The average Bonchev–Trinajstić information content (AvgIpc) is 2.91. The molecule has 0 bridgehead atoms. The van der Waals surface area contributed by atoms with E-state index in [9.17, 15) is 0 Å². The Kier molecular flexibility index (Phi) is 5.44. The lowest BCUT2D eigenvalue weighted by molar-refractivity contribution is 0.542. The lowest BCUT2D eigenvalue weighted by atomic mass is 10.0. The molecule has 0 radical (unpaired) electrons. The summed E-state index contributed by atoms with van der Waals surface area (Å²) in [5.74, 6) is 0. The van der Waals surface area contributed by atoms with Crippen LogP contribution < -0.4 is 11.1 Å². The highest BCUT2D eigenvalue weighted by Gasteiger charge is 2.11. The number of benzene rings is 1. The second-order valence-corrected chi connectivity index (χ2v) is 5.66. The van der Waals surface area contributed by atoms with Crippen LogP contribution in [0.3, 0.4) is 0 Å². The predicted molar refractivity (Wildman–Crippen MR) is 82.5 cm³/mol. The van der Waals surface area contributed by atoms with Crippen molar-refractivity contribution < 1.29 is 0 Å². The molecule has 104 valence electrons. The molecule has 0 aromatic heterocycles. The fourth-order valence-corrected chi connectivity index (χ4v) is 2.72. The van der Waals surface area contributed by atoms with E-state index in [-0.39, 0.29) is 6.04 Å². The van der Waals surface area contributed by atoms with Crippen molar-refractivity contribution in [2.75, 3.05) is 13.1 Å². The van der Waals surface area contributed by atoms with E-state index < -0.39 is 0 Å². The Hall–Kier alpha value is -0.830. The highest BCUT2D eigenvalue weighted by molar-refractivity contribution is 6.31. The number of hydrogen-bond donors (Lipinski definition) is 2. The summed E-state index contributed by atoms with van der Waals surface area (Å²) in [4.78, 5) is 0. The average molecular weight is 279 g/mol. The number of rotatable bonds is 6. The molecule has 2 rings (SSSR count). The third-order valence-electron chi connectivity index (χ3n) is 3.81. The van der Waals surface area contributed by atoms with Crippen LogP contribution in [0.25, 0.3) is 0 Å². The Labute approximate surface area is 121 Å². The number of hydrogen-bond acceptors (Lipinski definition) is 2. The van der Waals surface area contributed by atoms with E-state index in [0.29, 0.717) is 6.54 Å². The highest BCUT2D eigenvalue weighted by Crippen LogP contribution is 2.22. The van der Waals surface area contributed by atoms with Crippen molar-refractivity contribution in [3.8, 4) is 0 Å². The van der Waals surface area contributed by atoms with Crippen LogP contribution in [-0.2, 0) is 0 Å². The first-order valence-corrected chi connectivity index (χ1v) is 7.46. The topological polar surface area (TPSA) is 38.0 Å². The van der Waals surface area contributed by atoms with Gasteiger partial charge in [-0.1, -0.05) is 35.4 Å². The van der Waals surface area contributed by atoms with Gasteiger partial charge in [-0.25, -0.2) is 0 Å². The van der Waals surface area contributed by atoms with Gasteiger partial charge in [0, 0.05) is 17.6 Å². The van der Waals surface area contributed by atoms with E-state index in [1.807, 2.05) is 13.0 Å². The van der Waals surface area contributed by atoms with Crippen LogP contribution in [0.2, 0.25) is 5.02 Å². The van der Waals surface area contributed by atoms with E-state index in [0.717, 1.165) is 23.6 Å². The van der Waals surface area contributed by atoms with Crippen LogP contribution >= 0.6 is 11.6 Å². The first-order valence-electron chi connectivity index (χ1n) is 7.08. The molecule has 1 aromatic carbocycles. The van der Waals surface area contributed by atoms with Crippen LogP contribution in [0, 0.1) is 6.92 Å². The number of halogens is 1. The minimum atomic E-state index is 0.195. The van der Waals surface area contributed by atoms with Crippen molar-refractivity contribution in [2.24, 2.45) is 5.73 Å². The van der Waals surface area contributed by atoms with Crippen molar-refractivity contribution in [1.29, 1.82) is 0 Å². The zero-order valence-electron chi connectivity index (χ0n) is 11.6. The van der Waals surface area contributed by atoms with Gasteiger partial charge in [-0.3, -0.25) is 0 Å². The minimum absolute atomic E-state index is 0.195. The Bertz CT molecular complexity index is 454. The summed E-state index contributed by atoms with van der Waals surface area (Å²) in [6, 6.07) is 6.39. The summed E-state index contributed by atoms with van der Waals surface area (Å²) >= 11 is 6.17. The third-order valence-corrected chi connectivity index (χ3v) is 4.21. The number of allylic oxidation sites excluding steroid dienone is 1. The van der Waals surface area contributed by atoms with Crippen molar-refractivity contribution >= 4 is 11.6 Å². The van der Waals surface area contributed by atoms with Gasteiger partial charge < -0.3 is 11.1 Å². The second-order valence-electron chi connectivity index (χ2n) is 5.26.